The average molecular weight is 339 g/mol. The van der Waals surface area contributed by atoms with Gasteiger partial charge in [0.25, 0.3) is 6.43 Å². The third-order valence-electron chi connectivity index (χ3n) is 2.15. The van der Waals surface area contributed by atoms with Crippen LogP contribution in [0.4, 0.5) is 13.2 Å². The molecule has 0 amide bonds. The minimum Gasteiger partial charge on any atom is -0.353 e. The van der Waals surface area contributed by atoms with Gasteiger partial charge in [0.15, 0.2) is 0 Å². The van der Waals surface area contributed by atoms with Gasteiger partial charge in [-0.3, -0.25) is 4.79 Å². The predicted octanol–water partition coefficient (Wildman–Crippen LogP) is 3.21. The molecule has 6 heteroatoms. The number of halogens is 4. The number of aromatic nitrogens is 1. The number of alkyl halides is 2. The molecule has 0 spiro atoms. The molecule has 2 rings (SSSR count). The Kier molecular flexibility index (Phi) is 2.92. The Morgan fingerprint density at radius 3 is 2.62 bits per heavy atom. The molecule has 1 aromatic carbocycles. The van der Waals surface area contributed by atoms with Crippen molar-refractivity contribution in [2.75, 3.05) is 0 Å². The summed E-state index contributed by atoms with van der Waals surface area (Å²) in [6, 6.07) is 3.42. The second-order valence-corrected chi connectivity index (χ2v) is 4.25. The molecule has 0 fully saturated rings. The van der Waals surface area contributed by atoms with Crippen molar-refractivity contribution in [2.45, 2.75) is 6.43 Å². The smallest absolute Gasteiger partial charge is 0.279 e. The van der Waals surface area contributed by atoms with Crippen molar-refractivity contribution in [1.82, 2.24) is 4.98 Å². The van der Waals surface area contributed by atoms with Crippen LogP contribution < -0.4 is 5.43 Å². The maximum Gasteiger partial charge on any atom is 0.279 e. The molecule has 84 valence electrons. The molecule has 0 bridgehead atoms. The minimum atomic E-state index is -2.76. The van der Waals surface area contributed by atoms with Crippen molar-refractivity contribution in [3.05, 3.63) is 43.5 Å². The van der Waals surface area contributed by atoms with Gasteiger partial charge in [0.1, 0.15) is 5.82 Å². The Labute approximate surface area is 102 Å². The topological polar surface area (TPSA) is 32.9 Å². The highest BCUT2D eigenvalue weighted by molar-refractivity contribution is 14.1. The number of rotatable bonds is 1. The molecule has 0 radical (unpaired) electrons. The maximum absolute atomic E-state index is 12.9. The van der Waals surface area contributed by atoms with E-state index in [0.717, 1.165) is 12.1 Å². The van der Waals surface area contributed by atoms with Crippen LogP contribution in [0.2, 0.25) is 0 Å². The zero-order valence-electron chi connectivity index (χ0n) is 7.73. The van der Waals surface area contributed by atoms with Crippen molar-refractivity contribution in [3.8, 4) is 0 Å². The van der Waals surface area contributed by atoms with Crippen molar-refractivity contribution in [1.29, 1.82) is 0 Å². The molecule has 1 heterocycles. The molecular weight excluding hydrogens is 334 g/mol. The first-order valence-corrected chi connectivity index (χ1v) is 5.37. The summed E-state index contributed by atoms with van der Waals surface area (Å²) in [5, 5.41) is 0.0776. The second-order valence-electron chi connectivity index (χ2n) is 3.17. The maximum atomic E-state index is 12.9. The van der Waals surface area contributed by atoms with Gasteiger partial charge in [0.2, 0.25) is 5.43 Å². The molecular formula is C10H5F3INO. The summed E-state index contributed by atoms with van der Waals surface area (Å²) < 4.78 is 37.9. The van der Waals surface area contributed by atoms with Crippen LogP contribution in [0.1, 0.15) is 12.1 Å². The Morgan fingerprint density at radius 2 is 2.00 bits per heavy atom. The molecule has 0 saturated carbocycles. The van der Waals surface area contributed by atoms with E-state index in [1.807, 2.05) is 0 Å². The average Bonchev–Trinajstić information content (AvgIpc) is 2.23. The Balaban J connectivity index is 2.88. The predicted molar refractivity (Wildman–Crippen MR) is 62.2 cm³/mol. The normalized spacial score (nSPS) is 11.3. The number of fused-ring (bicyclic) bond motifs is 1. The van der Waals surface area contributed by atoms with Crippen LogP contribution in [0.3, 0.4) is 0 Å². The van der Waals surface area contributed by atoms with Gasteiger partial charge in [-0.25, -0.2) is 13.2 Å². The van der Waals surface area contributed by atoms with Crippen LogP contribution in [-0.4, -0.2) is 4.98 Å². The summed E-state index contributed by atoms with van der Waals surface area (Å²) in [5.41, 5.74) is -0.795. The first-order valence-electron chi connectivity index (χ1n) is 4.30. The molecule has 16 heavy (non-hydrogen) atoms. The monoisotopic (exact) mass is 339 g/mol. The van der Waals surface area contributed by atoms with E-state index >= 15 is 0 Å². The number of aromatic amines is 1. The van der Waals surface area contributed by atoms with Crippen LogP contribution in [-0.2, 0) is 0 Å². The Bertz CT molecular complexity index is 609. The standard InChI is InChI=1S/C10H5F3INO/c11-4-1-2-6-5(3-4)9(16)7(14)8(15-6)10(12)13/h1-3,10H,(H,15,16). The Hall–Kier alpha value is -1.05. The molecule has 0 saturated heterocycles. The number of hydrogen-bond donors (Lipinski definition) is 1. The zero-order valence-corrected chi connectivity index (χ0v) is 9.89. The number of pyridine rings is 1. The van der Waals surface area contributed by atoms with Gasteiger partial charge < -0.3 is 4.98 Å². The van der Waals surface area contributed by atoms with Gasteiger partial charge in [0.05, 0.1) is 9.26 Å². The number of benzene rings is 1. The largest absolute Gasteiger partial charge is 0.353 e. The quantitative estimate of drug-likeness (QED) is 0.796. The van der Waals surface area contributed by atoms with Gasteiger partial charge in [-0.05, 0) is 40.8 Å². The Morgan fingerprint density at radius 1 is 1.31 bits per heavy atom. The van der Waals surface area contributed by atoms with E-state index in [9.17, 15) is 18.0 Å². The summed E-state index contributed by atoms with van der Waals surface area (Å²) in [6.45, 7) is 0. The molecule has 0 aliphatic carbocycles. The molecule has 0 unspecified atom stereocenters. The van der Waals surface area contributed by atoms with Gasteiger partial charge in [0, 0.05) is 10.9 Å². The minimum absolute atomic E-state index is 0.0776. The van der Waals surface area contributed by atoms with E-state index in [-0.39, 0.29) is 14.5 Å². The van der Waals surface area contributed by atoms with E-state index in [1.54, 1.807) is 0 Å². The highest BCUT2D eigenvalue weighted by Gasteiger charge is 2.17. The molecule has 2 nitrogen and oxygen atoms in total. The molecule has 1 N–H and O–H groups in total. The van der Waals surface area contributed by atoms with E-state index in [2.05, 4.69) is 4.98 Å². The van der Waals surface area contributed by atoms with Crippen LogP contribution in [0.5, 0.6) is 0 Å². The summed E-state index contributed by atoms with van der Waals surface area (Å²) in [6.07, 6.45) is -2.76. The SMILES string of the molecule is O=c1c(I)c(C(F)F)[nH]c2ccc(F)cc12. The van der Waals surface area contributed by atoms with Gasteiger partial charge in [-0.2, -0.15) is 0 Å². The summed E-state index contributed by atoms with van der Waals surface area (Å²) >= 11 is 1.53. The highest BCUT2D eigenvalue weighted by Crippen LogP contribution is 2.22. The molecule has 1 aromatic heterocycles. The van der Waals surface area contributed by atoms with Crippen molar-refractivity contribution in [2.24, 2.45) is 0 Å². The van der Waals surface area contributed by atoms with Gasteiger partial charge >= 0.3 is 0 Å². The first kappa shape index (κ1) is 11.4. The third-order valence-corrected chi connectivity index (χ3v) is 3.22. The van der Waals surface area contributed by atoms with Crippen molar-refractivity contribution < 1.29 is 13.2 Å². The lowest BCUT2D eigenvalue weighted by molar-refractivity contribution is 0.145. The highest BCUT2D eigenvalue weighted by atomic mass is 127. The fourth-order valence-corrected chi connectivity index (χ4v) is 2.06. The van der Waals surface area contributed by atoms with E-state index in [0.29, 0.717) is 0 Å². The lowest BCUT2D eigenvalue weighted by atomic mass is 10.2. The summed E-state index contributed by atoms with van der Waals surface area (Å²) in [7, 11) is 0. The first-order chi connectivity index (χ1) is 7.50. The lowest BCUT2D eigenvalue weighted by Crippen LogP contribution is -2.12. The summed E-state index contributed by atoms with van der Waals surface area (Å²) in [4.78, 5) is 14.1. The number of nitrogens with one attached hydrogen (secondary N) is 1. The van der Waals surface area contributed by atoms with Crippen molar-refractivity contribution >= 4 is 33.5 Å². The van der Waals surface area contributed by atoms with E-state index in [1.165, 1.54) is 28.7 Å². The van der Waals surface area contributed by atoms with Gasteiger partial charge in [-0.15, -0.1) is 0 Å². The summed E-state index contributed by atoms with van der Waals surface area (Å²) in [5.74, 6) is -0.571. The van der Waals surface area contributed by atoms with Crippen LogP contribution >= 0.6 is 22.6 Å². The number of H-pyrrole nitrogens is 1. The molecule has 0 aliphatic heterocycles. The van der Waals surface area contributed by atoms with Gasteiger partial charge in [-0.1, -0.05) is 0 Å². The van der Waals surface area contributed by atoms with Crippen LogP contribution in [0.15, 0.2) is 23.0 Å². The van der Waals surface area contributed by atoms with Crippen molar-refractivity contribution in [3.63, 3.8) is 0 Å². The fourth-order valence-electron chi connectivity index (χ4n) is 1.40. The van der Waals surface area contributed by atoms with Crippen LogP contribution in [0.25, 0.3) is 10.9 Å². The molecule has 2 aromatic rings. The molecule has 0 aliphatic rings. The zero-order chi connectivity index (χ0) is 11.9. The third kappa shape index (κ3) is 1.81. The second kappa shape index (κ2) is 4.08. The van der Waals surface area contributed by atoms with E-state index < -0.39 is 23.4 Å². The molecule has 0 atom stereocenters. The number of hydrogen-bond acceptors (Lipinski definition) is 1. The van der Waals surface area contributed by atoms with Crippen LogP contribution in [0, 0.1) is 9.39 Å². The fraction of sp³-hybridized carbons (Fsp3) is 0.100. The van der Waals surface area contributed by atoms with E-state index in [4.69, 9.17) is 0 Å². The lowest BCUT2D eigenvalue weighted by Gasteiger charge is -2.06.